The van der Waals surface area contributed by atoms with E-state index in [0.29, 0.717) is 30.0 Å². The Balaban J connectivity index is 0.00000127. The molecule has 3 aromatic rings. The number of hydrogen-bond donors (Lipinski definition) is 1. The molecule has 39 heavy (non-hydrogen) atoms. The van der Waals surface area contributed by atoms with Crippen molar-refractivity contribution < 1.29 is 32.9 Å². The molecule has 3 unspecified atom stereocenters. The zero-order valence-corrected chi connectivity index (χ0v) is 23.6. The summed E-state index contributed by atoms with van der Waals surface area (Å²) in [5.74, 6) is -2.09. The molecule has 8 heteroatoms. The van der Waals surface area contributed by atoms with Gasteiger partial charge < -0.3 is 24.1 Å². The number of aliphatic hydroxyl groups is 1. The van der Waals surface area contributed by atoms with E-state index in [1.54, 1.807) is 13.0 Å². The first kappa shape index (κ1) is 32.4. The summed E-state index contributed by atoms with van der Waals surface area (Å²) in [7, 11) is 1.00. The molecule has 0 amide bonds. The molecule has 1 N–H and O–H groups in total. The van der Waals surface area contributed by atoms with Gasteiger partial charge in [0.05, 0.1) is 25.4 Å². The maximum absolute atomic E-state index is 14.7. The van der Waals surface area contributed by atoms with E-state index >= 15 is 0 Å². The second kappa shape index (κ2) is 17.0. The van der Waals surface area contributed by atoms with Gasteiger partial charge in [-0.15, -0.1) is 0 Å². The van der Waals surface area contributed by atoms with Crippen LogP contribution in [-0.2, 0) is 27.3 Å². The summed E-state index contributed by atoms with van der Waals surface area (Å²) in [6.45, 7) is 6.39. The van der Waals surface area contributed by atoms with Crippen LogP contribution in [0.4, 0.5) is 8.78 Å². The Morgan fingerprint density at radius 1 is 1.00 bits per heavy atom. The highest BCUT2D eigenvalue weighted by Crippen LogP contribution is 2.35. The summed E-state index contributed by atoms with van der Waals surface area (Å²) < 4.78 is 46.2. The van der Waals surface area contributed by atoms with Gasteiger partial charge in [-0.2, -0.15) is 4.39 Å². The Morgan fingerprint density at radius 2 is 1.72 bits per heavy atom. The van der Waals surface area contributed by atoms with E-state index in [9.17, 15) is 13.6 Å². The van der Waals surface area contributed by atoms with Gasteiger partial charge in [0, 0.05) is 31.4 Å². The molecule has 4 rings (SSSR count). The molecule has 3 atom stereocenters. The minimum Gasteiger partial charge on any atom is -0.491 e. The van der Waals surface area contributed by atoms with Crippen molar-refractivity contribution in [2.24, 2.45) is 0 Å². The molecule has 1 fully saturated rings. The summed E-state index contributed by atoms with van der Waals surface area (Å²) in [6.07, 6.45) is 0.776. The minimum atomic E-state index is -1.01. The van der Waals surface area contributed by atoms with Crippen molar-refractivity contribution in [3.8, 4) is 5.75 Å². The lowest BCUT2D eigenvalue weighted by Crippen LogP contribution is -2.34. The molecule has 5 nitrogen and oxygen atoms in total. The Hall–Kier alpha value is -2.84. The van der Waals surface area contributed by atoms with Crippen molar-refractivity contribution in [2.45, 2.75) is 65.0 Å². The summed E-state index contributed by atoms with van der Waals surface area (Å²) >= 11 is 6.40. The smallest absolute Gasteiger partial charge is 0.200 e. The van der Waals surface area contributed by atoms with E-state index in [1.807, 2.05) is 56.3 Å². The lowest BCUT2D eigenvalue weighted by molar-refractivity contribution is -0.142. The Labute approximate surface area is 234 Å². The molecule has 0 radical (unpaired) electrons. The van der Waals surface area contributed by atoms with Gasteiger partial charge in [-0.25, -0.2) is 4.39 Å². The number of carbonyl (C=O) groups is 1. The Kier molecular flexibility index (Phi) is 14.1. The SMILES string of the molecule is CC.CCOc1ccc(Cc2cc(C3CC(OCc4ccccc4)CC(C=O)O3)ccc2Cl)c(F)c1F.CO. The summed E-state index contributed by atoms with van der Waals surface area (Å²) in [5.41, 5.74) is 2.65. The van der Waals surface area contributed by atoms with E-state index in [1.165, 1.54) is 12.1 Å². The fraction of sp³-hybridized carbons (Fsp3) is 0.387. The van der Waals surface area contributed by atoms with Crippen molar-refractivity contribution in [1.82, 2.24) is 0 Å². The van der Waals surface area contributed by atoms with Gasteiger partial charge in [0.1, 0.15) is 12.4 Å². The Bertz CT molecular complexity index is 1160. The number of carbonyl (C=O) groups excluding carboxylic acids is 1. The molecular weight excluding hydrogens is 526 g/mol. The van der Waals surface area contributed by atoms with Gasteiger partial charge in [0.15, 0.2) is 11.6 Å². The molecule has 1 saturated heterocycles. The van der Waals surface area contributed by atoms with Crippen LogP contribution in [0.3, 0.4) is 0 Å². The zero-order chi connectivity index (χ0) is 28.8. The van der Waals surface area contributed by atoms with E-state index in [-0.39, 0.29) is 30.4 Å². The monoisotopic (exact) mass is 562 g/mol. The quantitative estimate of drug-likeness (QED) is 0.278. The number of hydrogen-bond acceptors (Lipinski definition) is 5. The highest BCUT2D eigenvalue weighted by molar-refractivity contribution is 6.31. The van der Waals surface area contributed by atoms with Gasteiger partial charge in [-0.05, 0) is 41.3 Å². The van der Waals surface area contributed by atoms with Crippen molar-refractivity contribution in [3.05, 3.63) is 99.6 Å². The maximum Gasteiger partial charge on any atom is 0.200 e. The van der Waals surface area contributed by atoms with Crippen LogP contribution in [0, 0.1) is 11.6 Å². The molecule has 3 aromatic carbocycles. The third kappa shape index (κ3) is 9.11. The van der Waals surface area contributed by atoms with Gasteiger partial charge in [-0.3, -0.25) is 0 Å². The highest BCUT2D eigenvalue weighted by Gasteiger charge is 2.31. The predicted octanol–water partition coefficient (Wildman–Crippen LogP) is 7.25. The van der Waals surface area contributed by atoms with Crippen LogP contribution in [-0.4, -0.2) is 37.3 Å². The number of benzene rings is 3. The van der Waals surface area contributed by atoms with Crippen LogP contribution >= 0.6 is 11.6 Å². The van der Waals surface area contributed by atoms with Gasteiger partial charge in [-0.1, -0.05) is 74.0 Å². The fourth-order valence-corrected chi connectivity index (χ4v) is 4.44. The van der Waals surface area contributed by atoms with Crippen molar-refractivity contribution in [1.29, 1.82) is 0 Å². The first-order valence-electron chi connectivity index (χ1n) is 13.1. The van der Waals surface area contributed by atoms with Crippen molar-refractivity contribution >= 4 is 17.9 Å². The molecule has 1 heterocycles. The second-order valence-corrected chi connectivity index (χ2v) is 8.91. The number of aldehydes is 1. The van der Waals surface area contributed by atoms with Crippen LogP contribution in [0.25, 0.3) is 0 Å². The predicted molar refractivity (Wildman–Crippen MR) is 149 cm³/mol. The molecule has 0 saturated carbocycles. The zero-order valence-electron chi connectivity index (χ0n) is 22.8. The Morgan fingerprint density at radius 3 is 2.38 bits per heavy atom. The first-order valence-corrected chi connectivity index (χ1v) is 13.4. The molecule has 0 spiro atoms. The average molecular weight is 563 g/mol. The second-order valence-electron chi connectivity index (χ2n) is 8.50. The first-order chi connectivity index (χ1) is 19.0. The standard InChI is InChI=1S/C28H27ClF2O4.C2H6.CH4O/c1-2-33-25-11-9-20(27(30)28(25)31)13-21-12-19(8-10-24(21)29)26-15-22(14-23(16-32)35-26)34-17-18-6-4-3-5-7-18;2*1-2/h3-12,16,22-23,26H,2,13-15,17H2,1H3;1-2H3;2H,1H3. The van der Waals surface area contributed by atoms with Crippen LogP contribution in [0.2, 0.25) is 5.02 Å². The molecule has 212 valence electrons. The van der Waals surface area contributed by atoms with Crippen molar-refractivity contribution in [3.63, 3.8) is 0 Å². The molecule has 1 aliphatic rings. The minimum absolute atomic E-state index is 0.0968. The van der Waals surface area contributed by atoms with Crippen LogP contribution in [0.1, 0.15) is 62.0 Å². The number of halogens is 3. The van der Waals surface area contributed by atoms with Crippen LogP contribution in [0.5, 0.6) is 5.75 Å². The average Bonchev–Trinajstić information content (AvgIpc) is 2.99. The highest BCUT2D eigenvalue weighted by atomic mass is 35.5. The molecule has 1 aliphatic heterocycles. The normalized spacial score (nSPS) is 18.2. The lowest BCUT2D eigenvalue weighted by Gasteiger charge is -2.33. The molecule has 0 aliphatic carbocycles. The number of rotatable bonds is 9. The number of ether oxygens (including phenoxy) is 3. The summed E-state index contributed by atoms with van der Waals surface area (Å²) in [5, 5.41) is 7.43. The van der Waals surface area contributed by atoms with E-state index < -0.39 is 23.8 Å². The molecule has 0 bridgehead atoms. The summed E-state index contributed by atoms with van der Waals surface area (Å²) in [4.78, 5) is 11.6. The molecule has 0 aromatic heterocycles. The largest absolute Gasteiger partial charge is 0.491 e. The van der Waals surface area contributed by atoms with E-state index in [4.69, 9.17) is 30.9 Å². The van der Waals surface area contributed by atoms with Crippen molar-refractivity contribution in [2.75, 3.05) is 13.7 Å². The number of aliphatic hydroxyl groups excluding tert-OH is 1. The summed E-state index contributed by atoms with van der Waals surface area (Å²) in [6, 6.07) is 18.1. The van der Waals surface area contributed by atoms with Gasteiger partial charge >= 0.3 is 0 Å². The lowest BCUT2D eigenvalue weighted by atomic mass is 9.94. The fourth-order valence-electron chi connectivity index (χ4n) is 4.25. The van der Waals surface area contributed by atoms with Crippen LogP contribution in [0.15, 0.2) is 60.7 Å². The maximum atomic E-state index is 14.7. The van der Waals surface area contributed by atoms with E-state index in [0.717, 1.165) is 24.5 Å². The van der Waals surface area contributed by atoms with Crippen LogP contribution < -0.4 is 4.74 Å². The third-order valence-electron chi connectivity index (χ3n) is 6.04. The topological polar surface area (TPSA) is 65.0 Å². The third-order valence-corrected chi connectivity index (χ3v) is 6.41. The van der Waals surface area contributed by atoms with E-state index in [2.05, 4.69) is 0 Å². The molecular formula is C31H37ClF2O5. The van der Waals surface area contributed by atoms with Gasteiger partial charge in [0.25, 0.3) is 0 Å². The van der Waals surface area contributed by atoms with Gasteiger partial charge in [0.2, 0.25) is 5.82 Å².